The number of nitrogens with zero attached hydrogens (tertiary/aromatic N) is 4. The molecule has 45 heavy (non-hydrogen) atoms. The van der Waals surface area contributed by atoms with Crippen LogP contribution in [0.5, 0.6) is 0 Å². The van der Waals surface area contributed by atoms with E-state index in [0.29, 0.717) is 58.1 Å². The first kappa shape index (κ1) is 28.5. The molecule has 1 saturated carbocycles. The molecule has 11 heteroatoms. The molecule has 2 aliphatic rings. The first-order valence-electron chi connectivity index (χ1n) is 14.9. The number of benzene rings is 2. The van der Waals surface area contributed by atoms with E-state index in [2.05, 4.69) is 27.1 Å². The number of hydrogen-bond acceptors (Lipinski definition) is 7. The van der Waals surface area contributed by atoms with Crippen LogP contribution >= 0.6 is 0 Å². The lowest BCUT2D eigenvalue weighted by molar-refractivity contribution is -0.142. The maximum Gasteiger partial charge on any atom is 0.302 e. The summed E-state index contributed by atoms with van der Waals surface area (Å²) in [6.45, 7) is 5.89. The quantitative estimate of drug-likeness (QED) is 0.184. The van der Waals surface area contributed by atoms with Crippen LogP contribution in [0, 0.1) is 5.82 Å². The van der Waals surface area contributed by atoms with Gasteiger partial charge in [-0.05, 0) is 77.6 Å². The van der Waals surface area contributed by atoms with Crippen LogP contribution in [0.15, 0.2) is 72.3 Å². The molecule has 1 aliphatic carbocycles. The number of carbonyl (C=O) groups is 2. The third-order valence-electron chi connectivity index (χ3n) is 8.63. The molecule has 2 aromatic carbocycles. The monoisotopic (exact) mass is 606 g/mol. The molecule has 10 nitrogen and oxygen atoms in total. The third kappa shape index (κ3) is 5.24. The highest BCUT2D eigenvalue weighted by Gasteiger charge is 2.28. The number of nitrogens with one attached hydrogen (secondary N) is 2. The number of esters is 1. The van der Waals surface area contributed by atoms with Gasteiger partial charge in [-0.25, -0.2) is 9.37 Å². The highest BCUT2D eigenvalue weighted by Crippen LogP contribution is 2.41. The minimum absolute atomic E-state index is 0.0129. The van der Waals surface area contributed by atoms with Gasteiger partial charge in [-0.2, -0.15) is 5.10 Å². The Bertz CT molecular complexity index is 2060. The number of halogens is 1. The number of hydrogen-bond donors (Lipinski definition) is 2. The van der Waals surface area contributed by atoms with E-state index < -0.39 is 17.3 Å². The number of amides is 1. The van der Waals surface area contributed by atoms with Crippen LogP contribution in [-0.4, -0.2) is 55.7 Å². The fourth-order valence-electron chi connectivity index (χ4n) is 6.25. The summed E-state index contributed by atoms with van der Waals surface area (Å²) in [6, 6.07) is 12.4. The van der Waals surface area contributed by atoms with Crippen molar-refractivity contribution in [3.8, 4) is 16.8 Å². The summed E-state index contributed by atoms with van der Waals surface area (Å²) in [7, 11) is 0. The van der Waals surface area contributed by atoms with Crippen LogP contribution in [0.2, 0.25) is 0 Å². The molecular formula is C34H31FN6O4. The Hall–Kier alpha value is -5.32. The predicted molar refractivity (Wildman–Crippen MR) is 169 cm³/mol. The van der Waals surface area contributed by atoms with Crippen LogP contribution in [0.3, 0.4) is 0 Å². The Balaban J connectivity index is 1.34. The van der Waals surface area contributed by atoms with Gasteiger partial charge in [0, 0.05) is 44.0 Å². The van der Waals surface area contributed by atoms with Crippen molar-refractivity contribution in [2.24, 2.45) is 0 Å². The first-order valence-corrected chi connectivity index (χ1v) is 14.9. The number of rotatable bonds is 8. The normalized spacial score (nSPS) is 16.3. The standard InChI is InChI=1S/C34H31FN6O4/c1-3-29(43)40-13-11-23(17-40)37-33-31-25(9-12-36-32(31)38-39-33)24-5-4-6-28(26(24)18-45-19(2)42)41-14-10-21-15-22(20-7-8-20)16-27(35)30(21)34(41)44/h3-6,9-10,12,14-16,20,23H,1,7-8,11,13,17-18H2,2H3,(H2,36,37,38,39). The number of likely N-dealkylation sites (tertiary alicyclic amines) is 1. The van der Waals surface area contributed by atoms with Crippen molar-refractivity contribution in [2.75, 3.05) is 18.4 Å². The van der Waals surface area contributed by atoms with Crippen molar-refractivity contribution in [1.82, 2.24) is 24.6 Å². The molecule has 1 unspecified atom stereocenters. The second-order valence-electron chi connectivity index (χ2n) is 11.6. The molecular weight excluding hydrogens is 575 g/mol. The summed E-state index contributed by atoms with van der Waals surface area (Å²) in [4.78, 5) is 44.2. The number of carbonyl (C=O) groups excluding carboxylic acids is 2. The fraction of sp³-hybridized carbons (Fsp3) is 0.265. The average molecular weight is 607 g/mol. The van der Waals surface area contributed by atoms with E-state index in [-0.39, 0.29) is 23.9 Å². The Morgan fingerprint density at radius 2 is 2.00 bits per heavy atom. The molecule has 4 heterocycles. The van der Waals surface area contributed by atoms with E-state index in [4.69, 9.17) is 4.74 Å². The molecule has 1 atom stereocenters. The second-order valence-corrected chi connectivity index (χ2v) is 11.6. The summed E-state index contributed by atoms with van der Waals surface area (Å²) in [5.74, 6) is -0.235. The predicted octanol–water partition coefficient (Wildman–Crippen LogP) is 5.21. The third-order valence-corrected chi connectivity index (χ3v) is 8.63. The van der Waals surface area contributed by atoms with E-state index in [9.17, 15) is 14.4 Å². The Morgan fingerprint density at radius 3 is 2.78 bits per heavy atom. The zero-order chi connectivity index (χ0) is 31.2. The largest absolute Gasteiger partial charge is 0.461 e. The van der Waals surface area contributed by atoms with Gasteiger partial charge in [0.25, 0.3) is 5.56 Å². The molecule has 1 amide bonds. The highest BCUT2D eigenvalue weighted by atomic mass is 19.1. The molecule has 2 fully saturated rings. The molecule has 2 N–H and O–H groups in total. The molecule has 7 rings (SSSR count). The lowest BCUT2D eigenvalue weighted by Gasteiger charge is -2.18. The molecule has 5 aromatic rings. The summed E-state index contributed by atoms with van der Waals surface area (Å²) in [6.07, 6.45) is 7.39. The number of aromatic amines is 1. The molecule has 228 valence electrons. The van der Waals surface area contributed by atoms with Gasteiger partial charge in [0.15, 0.2) is 11.5 Å². The van der Waals surface area contributed by atoms with Gasteiger partial charge in [-0.3, -0.25) is 24.0 Å². The van der Waals surface area contributed by atoms with Gasteiger partial charge in [-0.1, -0.05) is 24.8 Å². The molecule has 0 bridgehead atoms. The fourth-order valence-corrected chi connectivity index (χ4v) is 6.25. The van der Waals surface area contributed by atoms with Crippen molar-refractivity contribution in [3.63, 3.8) is 0 Å². The van der Waals surface area contributed by atoms with E-state index in [1.807, 2.05) is 18.2 Å². The maximum absolute atomic E-state index is 15.4. The van der Waals surface area contributed by atoms with Crippen LogP contribution in [0.1, 0.15) is 43.2 Å². The number of aromatic nitrogens is 4. The van der Waals surface area contributed by atoms with Gasteiger partial charge in [0.05, 0.1) is 16.5 Å². The van der Waals surface area contributed by atoms with Crippen molar-refractivity contribution in [1.29, 1.82) is 0 Å². The molecule has 1 saturated heterocycles. The van der Waals surface area contributed by atoms with Crippen LogP contribution < -0.4 is 10.9 Å². The topological polar surface area (TPSA) is 122 Å². The molecule has 0 spiro atoms. The summed E-state index contributed by atoms with van der Waals surface area (Å²) >= 11 is 0. The van der Waals surface area contributed by atoms with Crippen molar-refractivity contribution in [3.05, 3.63) is 94.8 Å². The SMILES string of the molecule is C=CC(=O)N1CCC(Nc2n[nH]c3nccc(-c4cccc(-n5ccc6cc(C7CC7)cc(F)c6c5=O)c4COC(C)=O)c23)C1. The van der Waals surface area contributed by atoms with Crippen molar-refractivity contribution >= 4 is 39.5 Å². The van der Waals surface area contributed by atoms with Crippen molar-refractivity contribution < 1.29 is 18.7 Å². The number of anilines is 1. The lowest BCUT2D eigenvalue weighted by atomic mass is 9.96. The van der Waals surface area contributed by atoms with Gasteiger partial charge in [0.1, 0.15) is 12.4 Å². The van der Waals surface area contributed by atoms with Crippen LogP contribution in [-0.2, 0) is 20.9 Å². The zero-order valence-corrected chi connectivity index (χ0v) is 24.7. The van der Waals surface area contributed by atoms with Gasteiger partial charge < -0.3 is 15.0 Å². The molecule has 0 radical (unpaired) electrons. The summed E-state index contributed by atoms with van der Waals surface area (Å²) < 4.78 is 22.3. The first-order chi connectivity index (χ1) is 21.8. The number of H-pyrrole nitrogens is 1. The minimum Gasteiger partial charge on any atom is -0.461 e. The van der Waals surface area contributed by atoms with Crippen LogP contribution in [0.4, 0.5) is 10.2 Å². The average Bonchev–Trinajstić information content (AvgIpc) is 3.66. The van der Waals surface area contributed by atoms with E-state index >= 15 is 4.39 Å². The number of pyridine rings is 2. The number of ether oxygens (including phenoxy) is 1. The highest BCUT2D eigenvalue weighted by molar-refractivity contribution is 6.01. The Morgan fingerprint density at radius 1 is 1.16 bits per heavy atom. The smallest absolute Gasteiger partial charge is 0.302 e. The maximum atomic E-state index is 15.4. The van der Waals surface area contributed by atoms with Gasteiger partial charge in [-0.15, -0.1) is 0 Å². The zero-order valence-electron chi connectivity index (χ0n) is 24.7. The summed E-state index contributed by atoms with van der Waals surface area (Å²) in [5, 5.41) is 12.2. The summed E-state index contributed by atoms with van der Waals surface area (Å²) in [5.41, 5.74) is 3.41. The van der Waals surface area contributed by atoms with E-state index in [0.717, 1.165) is 30.4 Å². The second kappa shape index (κ2) is 11.3. The van der Waals surface area contributed by atoms with Crippen LogP contribution in [0.25, 0.3) is 38.6 Å². The molecule has 1 aliphatic heterocycles. The number of fused-ring (bicyclic) bond motifs is 2. The lowest BCUT2D eigenvalue weighted by Crippen LogP contribution is -2.30. The molecule has 3 aromatic heterocycles. The van der Waals surface area contributed by atoms with Gasteiger partial charge >= 0.3 is 5.97 Å². The Kier molecular flexibility index (Phi) is 7.15. The van der Waals surface area contributed by atoms with E-state index in [1.54, 1.807) is 35.5 Å². The Labute approximate surface area is 257 Å². The minimum atomic E-state index is -0.545. The van der Waals surface area contributed by atoms with E-state index in [1.165, 1.54) is 23.6 Å². The van der Waals surface area contributed by atoms with Crippen molar-refractivity contribution in [2.45, 2.75) is 44.8 Å². The van der Waals surface area contributed by atoms with Gasteiger partial charge in [0.2, 0.25) is 5.91 Å².